The number of fused-ring (bicyclic) bond motifs is 15. The van der Waals surface area contributed by atoms with Gasteiger partial charge in [0.25, 0.3) is 0 Å². The maximum absolute atomic E-state index is 6.46. The van der Waals surface area contributed by atoms with E-state index in [9.17, 15) is 0 Å². The lowest BCUT2D eigenvalue weighted by molar-refractivity contribution is 0.668. The maximum atomic E-state index is 6.46. The first-order chi connectivity index (χ1) is 32.2. The summed E-state index contributed by atoms with van der Waals surface area (Å²) in [6.45, 7) is 0. The Hall–Kier alpha value is -8.80. The summed E-state index contributed by atoms with van der Waals surface area (Å²) in [7, 11) is 0. The Morgan fingerprint density at radius 3 is 1.08 bits per heavy atom. The summed E-state index contributed by atoms with van der Waals surface area (Å²) in [5.74, 6) is 0. The summed E-state index contributed by atoms with van der Waals surface area (Å²) in [5.41, 5.74) is 15.6. The molecule has 15 rings (SSSR count). The summed E-state index contributed by atoms with van der Waals surface area (Å²) >= 11 is 0. The Bertz CT molecular complexity index is 4290. The van der Waals surface area contributed by atoms with E-state index >= 15 is 0 Å². The van der Waals surface area contributed by atoms with Crippen LogP contribution in [0.15, 0.2) is 223 Å². The maximum Gasteiger partial charge on any atom is 0.137 e. The van der Waals surface area contributed by atoms with Gasteiger partial charge in [-0.3, -0.25) is 0 Å². The molecule has 65 heavy (non-hydrogen) atoms. The van der Waals surface area contributed by atoms with E-state index in [2.05, 4.69) is 225 Å². The Kier molecular flexibility index (Phi) is 6.89. The number of aromatic nitrogens is 4. The van der Waals surface area contributed by atoms with Crippen LogP contribution in [-0.2, 0) is 0 Å². The van der Waals surface area contributed by atoms with Crippen molar-refractivity contribution in [2.45, 2.75) is 0 Å². The van der Waals surface area contributed by atoms with Crippen molar-refractivity contribution in [1.82, 2.24) is 18.3 Å². The zero-order valence-electron chi connectivity index (χ0n) is 35.0. The first kappa shape index (κ1) is 34.7. The molecule has 5 aromatic heterocycles. The minimum Gasteiger partial charge on any atom is -0.456 e. The van der Waals surface area contributed by atoms with E-state index in [0.29, 0.717) is 0 Å². The lowest BCUT2D eigenvalue weighted by atomic mass is 10.1. The van der Waals surface area contributed by atoms with Crippen LogP contribution < -0.4 is 0 Å². The number of rotatable bonds is 4. The molecule has 0 aliphatic carbocycles. The summed E-state index contributed by atoms with van der Waals surface area (Å²) in [5, 5.41) is 12.0. The van der Waals surface area contributed by atoms with Gasteiger partial charge >= 0.3 is 0 Å². The van der Waals surface area contributed by atoms with Crippen LogP contribution in [0.2, 0.25) is 0 Å². The van der Waals surface area contributed by atoms with Crippen LogP contribution in [0, 0.1) is 0 Å². The largest absolute Gasteiger partial charge is 0.456 e. The molecule has 0 aliphatic rings. The van der Waals surface area contributed by atoms with Crippen molar-refractivity contribution in [3.05, 3.63) is 218 Å². The molecule has 5 nitrogen and oxygen atoms in total. The van der Waals surface area contributed by atoms with Crippen LogP contribution in [0.1, 0.15) is 0 Å². The smallest absolute Gasteiger partial charge is 0.137 e. The molecule has 0 bridgehead atoms. The van der Waals surface area contributed by atoms with E-state index in [0.717, 1.165) is 66.8 Å². The predicted octanol–water partition coefficient (Wildman–Crippen LogP) is 16.0. The Balaban J connectivity index is 1.08. The minimum absolute atomic E-state index is 0.880. The van der Waals surface area contributed by atoms with E-state index < -0.39 is 0 Å². The molecule has 0 aliphatic heterocycles. The standard InChI is InChI=1S/C60H36N4O/c1-3-15-37(16-4-1)61-52-24-12-8-20-42(52)47-33-57-49(35-55(47)61)50-36-56-48(43-21-9-13-25-53(43)62(56)38-17-5-2-6-18-38)34-58(50)64(57)39-27-29-44-41-19-7-11-23-51(41)63(54(44)31-39)40-28-30-46-45-22-10-14-26-59(45)65-60(46)32-40/h1-36H. The molecular weight excluding hydrogens is 793 g/mol. The quantitative estimate of drug-likeness (QED) is 0.174. The van der Waals surface area contributed by atoms with Gasteiger partial charge in [-0.1, -0.05) is 115 Å². The van der Waals surface area contributed by atoms with Crippen molar-refractivity contribution in [2.24, 2.45) is 0 Å². The Labute approximate surface area is 371 Å². The molecule has 0 radical (unpaired) electrons. The number of para-hydroxylation sites is 6. The van der Waals surface area contributed by atoms with Crippen molar-refractivity contribution in [3.63, 3.8) is 0 Å². The molecule has 5 heteroatoms. The van der Waals surface area contributed by atoms with Crippen LogP contribution in [0.5, 0.6) is 0 Å². The fourth-order valence-electron chi connectivity index (χ4n) is 11.2. The molecule has 0 N–H and O–H groups in total. The van der Waals surface area contributed by atoms with Crippen LogP contribution in [-0.4, -0.2) is 18.3 Å². The van der Waals surface area contributed by atoms with Gasteiger partial charge in [0, 0.05) is 82.7 Å². The average molecular weight is 829 g/mol. The third-order valence-electron chi connectivity index (χ3n) is 13.9. The minimum atomic E-state index is 0.880. The van der Waals surface area contributed by atoms with Gasteiger partial charge in [0.2, 0.25) is 0 Å². The summed E-state index contributed by atoms with van der Waals surface area (Å²) in [6.07, 6.45) is 0. The lowest BCUT2D eigenvalue weighted by Crippen LogP contribution is -1.97. The van der Waals surface area contributed by atoms with Crippen molar-refractivity contribution in [3.8, 4) is 22.7 Å². The molecule has 0 fully saturated rings. The van der Waals surface area contributed by atoms with Gasteiger partial charge in [-0.25, -0.2) is 0 Å². The topological polar surface area (TPSA) is 32.9 Å². The number of hydrogen-bond donors (Lipinski definition) is 0. The molecule has 5 heterocycles. The zero-order valence-corrected chi connectivity index (χ0v) is 35.0. The van der Waals surface area contributed by atoms with Crippen molar-refractivity contribution >= 4 is 109 Å². The van der Waals surface area contributed by atoms with Gasteiger partial charge in [0.1, 0.15) is 11.2 Å². The number of benzene rings is 10. The molecule has 0 unspecified atom stereocenters. The number of nitrogens with zero attached hydrogens (tertiary/aromatic N) is 4. The molecule has 0 spiro atoms. The normalized spacial score (nSPS) is 12.3. The highest BCUT2D eigenvalue weighted by atomic mass is 16.3. The van der Waals surface area contributed by atoms with Crippen LogP contribution in [0.3, 0.4) is 0 Å². The molecule has 10 aromatic carbocycles. The lowest BCUT2D eigenvalue weighted by Gasteiger charge is -2.12. The second-order valence-electron chi connectivity index (χ2n) is 17.3. The molecule has 0 saturated carbocycles. The summed E-state index contributed by atoms with van der Waals surface area (Å²) in [6, 6.07) is 79.7. The second-order valence-corrected chi connectivity index (χ2v) is 17.3. The van der Waals surface area contributed by atoms with E-state index in [-0.39, 0.29) is 0 Å². The first-order valence-corrected chi connectivity index (χ1v) is 22.3. The van der Waals surface area contributed by atoms with Crippen molar-refractivity contribution in [1.29, 1.82) is 0 Å². The first-order valence-electron chi connectivity index (χ1n) is 22.3. The predicted molar refractivity (Wildman–Crippen MR) is 271 cm³/mol. The van der Waals surface area contributed by atoms with Crippen molar-refractivity contribution in [2.75, 3.05) is 0 Å². The summed E-state index contributed by atoms with van der Waals surface area (Å²) < 4.78 is 16.2. The van der Waals surface area contributed by atoms with Gasteiger partial charge in [-0.05, 0) is 97.1 Å². The highest BCUT2D eigenvalue weighted by molar-refractivity contribution is 6.23. The zero-order chi connectivity index (χ0) is 42.3. The third-order valence-corrected chi connectivity index (χ3v) is 13.9. The molecule has 0 atom stereocenters. The number of furan rings is 1. The van der Waals surface area contributed by atoms with Gasteiger partial charge < -0.3 is 22.7 Å². The molecule has 0 saturated heterocycles. The van der Waals surface area contributed by atoms with Gasteiger partial charge in [0.15, 0.2) is 0 Å². The van der Waals surface area contributed by atoms with E-state index in [1.165, 1.54) is 65.2 Å². The van der Waals surface area contributed by atoms with E-state index in [1.807, 2.05) is 12.1 Å². The molecule has 15 aromatic rings. The van der Waals surface area contributed by atoms with Crippen LogP contribution >= 0.6 is 0 Å². The molecule has 0 amide bonds. The van der Waals surface area contributed by atoms with Gasteiger partial charge in [-0.2, -0.15) is 0 Å². The SMILES string of the molecule is c1ccc(-n2c3ccccc3c3cc4c(cc32)c2cc3c(cc2n4-c2ccc4c5ccccc5n(-c5ccc6c(c5)oc5ccccc56)c4c2)c2ccccc2n3-c2ccccc2)cc1. The van der Waals surface area contributed by atoms with Gasteiger partial charge in [-0.15, -0.1) is 0 Å². The van der Waals surface area contributed by atoms with Crippen molar-refractivity contribution < 1.29 is 4.42 Å². The summed E-state index contributed by atoms with van der Waals surface area (Å²) in [4.78, 5) is 0. The number of hydrogen-bond acceptors (Lipinski definition) is 1. The van der Waals surface area contributed by atoms with E-state index in [4.69, 9.17) is 4.42 Å². The monoisotopic (exact) mass is 828 g/mol. The Morgan fingerprint density at radius 2 is 0.538 bits per heavy atom. The highest BCUT2D eigenvalue weighted by Crippen LogP contribution is 2.44. The Morgan fingerprint density at radius 1 is 0.200 bits per heavy atom. The van der Waals surface area contributed by atoms with Crippen LogP contribution in [0.25, 0.3) is 132 Å². The average Bonchev–Trinajstić information content (AvgIpc) is 4.15. The van der Waals surface area contributed by atoms with Gasteiger partial charge in [0.05, 0.1) is 44.1 Å². The molecular formula is C60H36N4O. The fraction of sp³-hybridized carbons (Fsp3) is 0. The van der Waals surface area contributed by atoms with E-state index in [1.54, 1.807) is 0 Å². The fourth-order valence-corrected chi connectivity index (χ4v) is 11.2. The second kappa shape index (κ2) is 12.9. The highest BCUT2D eigenvalue weighted by Gasteiger charge is 2.23. The third kappa shape index (κ3) is 4.76. The molecule has 302 valence electrons. The van der Waals surface area contributed by atoms with Crippen LogP contribution in [0.4, 0.5) is 0 Å².